The fraction of sp³-hybridized carbons (Fsp3) is 0.532. The number of phenols is 1. The number of rotatable bonds is 27. The molecule has 23 heteroatoms. The van der Waals surface area contributed by atoms with Crippen LogP contribution in [0, 0.1) is 11.8 Å². The Morgan fingerprint density at radius 3 is 1.91 bits per heavy atom. The van der Waals surface area contributed by atoms with E-state index in [-0.39, 0.29) is 99.5 Å². The van der Waals surface area contributed by atoms with Gasteiger partial charge in [-0.3, -0.25) is 43.5 Å². The maximum atomic E-state index is 14.6. The summed E-state index contributed by atoms with van der Waals surface area (Å²) >= 11 is 0. The molecule has 23 nitrogen and oxygen atoms in total. The number of hydrogen-bond acceptors (Lipinski definition) is 12. The molecule has 70 heavy (non-hydrogen) atoms. The SMILES string of the molecule is CC[C@H](C)[C@H](NC(=O)[C@H](Cc1ccc(O)cc1)NC(=O)[C@@H]1CCCN1C(=O)[C@H](CCCN=C(N)N)NC(=O)[C@H](CCCN=C(N)N)NC(=O)c1ccccc1OC(C)=O)C(=O)N[C@@H](CC(C)C)C(=O)O. The molecule has 1 aliphatic rings. The van der Waals surface area contributed by atoms with Crippen LogP contribution in [0.1, 0.15) is 102 Å². The highest BCUT2D eigenvalue weighted by molar-refractivity contribution is 6.01. The van der Waals surface area contributed by atoms with E-state index in [9.17, 15) is 48.6 Å². The Morgan fingerprint density at radius 2 is 1.34 bits per heavy atom. The van der Waals surface area contributed by atoms with Gasteiger partial charge in [0, 0.05) is 33.0 Å². The number of benzene rings is 2. The van der Waals surface area contributed by atoms with E-state index in [1.807, 2.05) is 13.8 Å². The van der Waals surface area contributed by atoms with E-state index in [0.29, 0.717) is 18.4 Å². The normalized spacial score (nSPS) is 15.7. The number of aromatic hydroxyl groups is 1. The number of nitrogens with zero attached hydrogens (tertiary/aromatic N) is 3. The number of esters is 1. The summed E-state index contributed by atoms with van der Waals surface area (Å²) in [7, 11) is 0. The quantitative estimate of drug-likeness (QED) is 0.0183. The number of nitrogens with two attached hydrogens (primary N) is 4. The number of phenolic OH excluding ortho intramolecular Hbond substituents is 1. The number of guanidine groups is 2. The predicted octanol–water partition coefficient (Wildman–Crippen LogP) is -0.127. The summed E-state index contributed by atoms with van der Waals surface area (Å²) in [5.74, 6) is -7.28. The lowest BCUT2D eigenvalue weighted by molar-refractivity contribution is -0.143. The van der Waals surface area contributed by atoms with Crippen LogP contribution in [0.5, 0.6) is 11.5 Å². The van der Waals surface area contributed by atoms with E-state index in [1.165, 1.54) is 36.1 Å². The molecule has 7 atom stereocenters. The number of amides is 6. The van der Waals surface area contributed by atoms with Crippen molar-refractivity contribution in [1.29, 1.82) is 0 Å². The van der Waals surface area contributed by atoms with Gasteiger partial charge in [0.1, 0.15) is 47.8 Å². The minimum absolute atomic E-state index is 0.00411. The van der Waals surface area contributed by atoms with Gasteiger partial charge in [0.05, 0.1) is 5.56 Å². The zero-order chi connectivity index (χ0) is 52.1. The van der Waals surface area contributed by atoms with Crippen molar-refractivity contribution < 1.29 is 53.3 Å². The third kappa shape index (κ3) is 18.6. The van der Waals surface area contributed by atoms with Gasteiger partial charge in [-0.15, -0.1) is 0 Å². The van der Waals surface area contributed by atoms with Gasteiger partial charge in [0.15, 0.2) is 11.9 Å². The van der Waals surface area contributed by atoms with Crippen molar-refractivity contribution in [1.82, 2.24) is 31.5 Å². The number of para-hydroxylation sites is 1. The van der Waals surface area contributed by atoms with Crippen LogP contribution in [0.4, 0.5) is 0 Å². The van der Waals surface area contributed by atoms with Crippen LogP contribution < -0.4 is 54.3 Å². The van der Waals surface area contributed by atoms with Crippen molar-refractivity contribution in [3.63, 3.8) is 0 Å². The van der Waals surface area contributed by atoms with Crippen LogP contribution in [0.3, 0.4) is 0 Å². The standard InChI is InChI=1S/C47H70N12O11/c1-6-27(4)38(43(66)57-35(45(68)69)24-26(2)3)58-41(64)34(25-29-17-19-30(61)20-18-29)56-42(65)36-15-11-23-59(36)44(67)33(14-10-22-53-47(50)51)55-40(63)32(13-9-21-52-46(48)49)54-39(62)31-12-7-8-16-37(31)70-28(5)60/h7-8,12,16-20,26-27,32-36,38,61H,6,9-11,13-15,21-25H2,1-5H3,(H,54,62)(H,55,63)(H,56,65)(H,57,66)(H,58,64)(H,68,69)(H4,48,49,52)(H4,50,51,53)/t27-,32-,33-,34-,35-,36-,38-/m0/s1. The molecule has 384 valence electrons. The lowest BCUT2D eigenvalue weighted by atomic mass is 9.96. The van der Waals surface area contributed by atoms with Gasteiger partial charge >= 0.3 is 11.9 Å². The first-order valence-corrected chi connectivity index (χ1v) is 23.3. The summed E-state index contributed by atoms with van der Waals surface area (Å²) in [4.78, 5) is 118. The number of carbonyl (C=O) groups is 8. The second-order valence-electron chi connectivity index (χ2n) is 17.6. The molecule has 15 N–H and O–H groups in total. The number of ether oxygens (including phenoxy) is 1. The molecule has 1 heterocycles. The Hall–Kier alpha value is -7.46. The Kier molecular flexibility index (Phi) is 22.9. The van der Waals surface area contributed by atoms with Gasteiger partial charge in [0.2, 0.25) is 29.5 Å². The van der Waals surface area contributed by atoms with Gasteiger partial charge in [-0.25, -0.2) is 4.79 Å². The maximum Gasteiger partial charge on any atom is 0.326 e. The average molecular weight is 979 g/mol. The number of carboxylic acid groups (broad SMARTS) is 1. The molecule has 2 aromatic rings. The number of nitrogens with one attached hydrogen (secondary N) is 5. The third-order valence-corrected chi connectivity index (χ3v) is 11.5. The first-order valence-electron chi connectivity index (χ1n) is 23.3. The summed E-state index contributed by atoms with van der Waals surface area (Å²) in [6.07, 6.45) is 1.40. The summed E-state index contributed by atoms with van der Waals surface area (Å²) in [6, 6.07) is 4.42. The number of carboxylic acids is 1. The Labute approximate surface area is 407 Å². The molecule has 0 spiro atoms. The molecular formula is C47H70N12O11. The molecule has 6 amide bonds. The van der Waals surface area contributed by atoms with E-state index < -0.39 is 89.6 Å². The summed E-state index contributed by atoms with van der Waals surface area (Å²) in [5.41, 5.74) is 22.6. The van der Waals surface area contributed by atoms with E-state index in [2.05, 4.69) is 36.6 Å². The maximum absolute atomic E-state index is 14.6. The van der Waals surface area contributed by atoms with Crippen LogP contribution >= 0.6 is 0 Å². The van der Waals surface area contributed by atoms with E-state index in [1.54, 1.807) is 38.1 Å². The van der Waals surface area contributed by atoms with Gasteiger partial charge in [-0.2, -0.15) is 0 Å². The van der Waals surface area contributed by atoms with Crippen LogP contribution in [0.15, 0.2) is 58.5 Å². The fourth-order valence-corrected chi connectivity index (χ4v) is 7.70. The fourth-order valence-electron chi connectivity index (χ4n) is 7.70. The Bertz CT molecular complexity index is 2200. The number of carbonyl (C=O) groups excluding carboxylic acids is 7. The van der Waals surface area contributed by atoms with Crippen molar-refractivity contribution in [3.8, 4) is 11.5 Å². The number of hydrogen-bond donors (Lipinski definition) is 11. The lowest BCUT2D eigenvalue weighted by Gasteiger charge is -2.31. The molecule has 1 saturated heterocycles. The smallest absolute Gasteiger partial charge is 0.326 e. The average Bonchev–Trinajstić information content (AvgIpc) is 3.80. The van der Waals surface area contributed by atoms with Crippen molar-refractivity contribution in [3.05, 3.63) is 59.7 Å². The summed E-state index contributed by atoms with van der Waals surface area (Å²) < 4.78 is 5.21. The van der Waals surface area contributed by atoms with Crippen molar-refractivity contribution >= 4 is 59.3 Å². The topological polar surface area (TPSA) is 378 Å². The predicted molar refractivity (Wildman–Crippen MR) is 260 cm³/mol. The molecular weight excluding hydrogens is 909 g/mol. The first kappa shape index (κ1) is 56.9. The monoisotopic (exact) mass is 979 g/mol. The number of likely N-dealkylation sites (tertiary alicyclic amines) is 1. The summed E-state index contributed by atoms with van der Waals surface area (Å²) in [6.45, 7) is 8.58. The highest BCUT2D eigenvalue weighted by atomic mass is 16.5. The number of aliphatic imine (C=N–C) groups is 2. The Morgan fingerprint density at radius 1 is 0.757 bits per heavy atom. The van der Waals surface area contributed by atoms with Gasteiger partial charge in [-0.1, -0.05) is 58.4 Å². The molecule has 0 saturated carbocycles. The molecule has 0 unspecified atom stereocenters. The van der Waals surface area contributed by atoms with Crippen LogP contribution in [0.25, 0.3) is 0 Å². The van der Waals surface area contributed by atoms with Crippen molar-refractivity contribution in [2.45, 2.75) is 129 Å². The van der Waals surface area contributed by atoms with Crippen LogP contribution in [-0.2, 0) is 40.0 Å². The zero-order valence-corrected chi connectivity index (χ0v) is 40.4. The third-order valence-electron chi connectivity index (χ3n) is 11.5. The van der Waals surface area contributed by atoms with Gasteiger partial charge in [-0.05, 0) is 86.6 Å². The van der Waals surface area contributed by atoms with Crippen LogP contribution in [-0.4, -0.2) is 130 Å². The largest absolute Gasteiger partial charge is 0.508 e. The van der Waals surface area contributed by atoms with E-state index >= 15 is 0 Å². The van der Waals surface area contributed by atoms with Crippen molar-refractivity contribution in [2.75, 3.05) is 19.6 Å². The second-order valence-corrected chi connectivity index (χ2v) is 17.6. The minimum Gasteiger partial charge on any atom is -0.508 e. The molecule has 0 bridgehead atoms. The lowest BCUT2D eigenvalue weighted by Crippen LogP contribution is -2.60. The molecule has 2 aromatic carbocycles. The van der Waals surface area contributed by atoms with Gasteiger partial charge in [0.25, 0.3) is 5.91 Å². The van der Waals surface area contributed by atoms with E-state index in [0.717, 1.165) is 0 Å². The molecule has 0 aliphatic carbocycles. The molecule has 3 rings (SSSR count). The Balaban J connectivity index is 1.95. The molecule has 1 fully saturated rings. The molecule has 1 aliphatic heterocycles. The highest BCUT2D eigenvalue weighted by Gasteiger charge is 2.40. The zero-order valence-electron chi connectivity index (χ0n) is 40.4. The highest BCUT2D eigenvalue weighted by Crippen LogP contribution is 2.22. The second kappa shape index (κ2) is 28.1. The summed E-state index contributed by atoms with van der Waals surface area (Å²) in [5, 5.41) is 33.3. The molecule has 0 aromatic heterocycles. The number of aliphatic carboxylic acids is 1. The first-order chi connectivity index (χ1) is 33.1. The van der Waals surface area contributed by atoms with E-state index in [4.69, 9.17) is 27.7 Å². The van der Waals surface area contributed by atoms with Crippen molar-refractivity contribution in [2.24, 2.45) is 44.8 Å². The minimum atomic E-state index is -1.33. The van der Waals surface area contributed by atoms with Crippen LogP contribution in [0.2, 0.25) is 0 Å². The molecule has 0 radical (unpaired) electrons. The van der Waals surface area contributed by atoms with Gasteiger partial charge < -0.3 is 69.4 Å².